The van der Waals surface area contributed by atoms with Gasteiger partial charge in [0.05, 0.1) is 11.4 Å². The Morgan fingerprint density at radius 3 is 1.69 bits per heavy atom. The Morgan fingerprint density at radius 2 is 1.02 bits per heavy atom. The molecule has 2 aliphatic heterocycles. The summed E-state index contributed by atoms with van der Waals surface area (Å²) in [6, 6.07) is 68.9. The Labute approximate surface area is 360 Å². The number of allylic oxidation sites excluding steroid dienone is 4. The first-order valence-electron chi connectivity index (χ1n) is 21.7. The van der Waals surface area contributed by atoms with Crippen molar-refractivity contribution in [3.63, 3.8) is 0 Å². The molecule has 0 amide bonds. The number of anilines is 8. The van der Waals surface area contributed by atoms with Crippen LogP contribution in [0.15, 0.2) is 211 Å². The maximum absolute atomic E-state index is 2.65. The molecule has 0 radical (unpaired) electrons. The van der Waals surface area contributed by atoms with Gasteiger partial charge in [-0.3, -0.25) is 0 Å². The Kier molecular flexibility index (Phi) is 8.65. The van der Waals surface area contributed by atoms with Crippen LogP contribution in [0.4, 0.5) is 45.5 Å². The predicted octanol–water partition coefficient (Wildman–Crippen LogP) is 16.1. The normalized spacial score (nSPS) is 15.5. The molecule has 296 valence electrons. The Morgan fingerprint density at radius 1 is 0.459 bits per heavy atom. The maximum Gasteiger partial charge on any atom is 0.0541 e. The summed E-state index contributed by atoms with van der Waals surface area (Å²) < 4.78 is 0. The van der Waals surface area contributed by atoms with Crippen molar-refractivity contribution >= 4 is 56.3 Å². The lowest BCUT2D eigenvalue weighted by Crippen LogP contribution is -2.41. The summed E-state index contributed by atoms with van der Waals surface area (Å²) in [5, 5.41) is 2.47. The number of hydrogen-bond acceptors (Lipinski definition) is 3. The number of benzene rings is 8. The summed E-state index contributed by atoms with van der Waals surface area (Å²) in [5.41, 5.74) is 18.4. The monoisotopic (exact) mass is 787 g/mol. The van der Waals surface area contributed by atoms with Gasteiger partial charge >= 0.3 is 0 Å². The lowest BCUT2D eigenvalue weighted by atomic mass is 9.65. The zero-order chi connectivity index (χ0) is 41.3. The standard InChI is InChI=1S/C58H49N3/c1-57(2)49-28-16-17-29-54(49)61-55-36-33-42(40-31-34-46(35-32-40)59(43-21-8-5-9-22-43)44-23-10-6-11-24-44)37-50(55)58(3,4)52-39-47(38-51(57)56(52)61)60(45-25-12-7-13-26-45)53-30-18-20-41-19-14-15-27-48(41)53/h5-16,18-28,30-39H,17,29H2,1-4H3. The highest BCUT2D eigenvalue weighted by atomic mass is 15.2. The van der Waals surface area contributed by atoms with Crippen LogP contribution in [0.1, 0.15) is 57.2 Å². The summed E-state index contributed by atoms with van der Waals surface area (Å²) in [4.78, 5) is 7.46. The van der Waals surface area contributed by atoms with Gasteiger partial charge in [-0.1, -0.05) is 149 Å². The van der Waals surface area contributed by atoms with Gasteiger partial charge < -0.3 is 14.7 Å². The number of nitrogens with zero attached hydrogens (tertiary/aromatic N) is 3. The number of rotatable bonds is 7. The first kappa shape index (κ1) is 36.9. The van der Waals surface area contributed by atoms with Crippen LogP contribution in [-0.4, -0.2) is 0 Å². The van der Waals surface area contributed by atoms with Crippen molar-refractivity contribution < 1.29 is 0 Å². The van der Waals surface area contributed by atoms with Gasteiger partial charge in [-0.25, -0.2) is 0 Å². The minimum atomic E-state index is -0.306. The van der Waals surface area contributed by atoms with Crippen LogP contribution in [0.2, 0.25) is 0 Å². The zero-order valence-electron chi connectivity index (χ0n) is 35.3. The van der Waals surface area contributed by atoms with Crippen molar-refractivity contribution in [2.75, 3.05) is 14.7 Å². The van der Waals surface area contributed by atoms with E-state index in [0.29, 0.717) is 0 Å². The topological polar surface area (TPSA) is 9.72 Å². The fourth-order valence-corrected chi connectivity index (χ4v) is 10.3. The molecule has 0 aromatic heterocycles. The Balaban J connectivity index is 1.09. The second-order valence-electron chi connectivity index (χ2n) is 17.7. The van der Waals surface area contributed by atoms with E-state index in [9.17, 15) is 0 Å². The SMILES string of the molecule is CC1(C)C2=C(CCC=C2)N2c3ccc(-c4ccc(N(c5ccccc5)c5ccccc5)cc4)cc3C(C)(C)c3cc(N(c4ccccc4)c4cccc5ccccc45)cc1c32. The van der Waals surface area contributed by atoms with Crippen molar-refractivity contribution in [1.82, 2.24) is 0 Å². The molecule has 61 heavy (non-hydrogen) atoms. The van der Waals surface area contributed by atoms with Crippen LogP contribution >= 0.6 is 0 Å². The highest BCUT2D eigenvalue weighted by Gasteiger charge is 2.47. The van der Waals surface area contributed by atoms with E-state index in [-0.39, 0.29) is 10.8 Å². The molecule has 0 bridgehead atoms. The number of para-hydroxylation sites is 3. The van der Waals surface area contributed by atoms with Crippen molar-refractivity contribution in [3.05, 3.63) is 228 Å². The van der Waals surface area contributed by atoms with E-state index in [1.807, 2.05) is 0 Å². The van der Waals surface area contributed by atoms with Crippen molar-refractivity contribution in [2.24, 2.45) is 0 Å². The fourth-order valence-electron chi connectivity index (χ4n) is 10.3. The zero-order valence-corrected chi connectivity index (χ0v) is 35.3. The van der Waals surface area contributed by atoms with Gasteiger partial charge in [-0.2, -0.15) is 0 Å². The molecule has 0 saturated heterocycles. The van der Waals surface area contributed by atoms with Crippen LogP contribution in [0.25, 0.3) is 21.9 Å². The van der Waals surface area contributed by atoms with Crippen LogP contribution in [0, 0.1) is 0 Å². The average molecular weight is 788 g/mol. The highest BCUT2D eigenvalue weighted by Crippen LogP contribution is 2.61. The quantitative estimate of drug-likeness (QED) is 0.159. The van der Waals surface area contributed by atoms with Gasteiger partial charge in [0.2, 0.25) is 0 Å². The van der Waals surface area contributed by atoms with Gasteiger partial charge in [0.15, 0.2) is 0 Å². The van der Waals surface area contributed by atoms with E-state index in [2.05, 4.69) is 243 Å². The van der Waals surface area contributed by atoms with Gasteiger partial charge in [0, 0.05) is 56.0 Å². The Bertz CT molecular complexity index is 2970. The van der Waals surface area contributed by atoms with Crippen LogP contribution in [-0.2, 0) is 10.8 Å². The van der Waals surface area contributed by atoms with Crippen molar-refractivity contribution in [2.45, 2.75) is 51.4 Å². The third kappa shape index (κ3) is 5.94. The summed E-state index contributed by atoms with van der Waals surface area (Å²) in [6.45, 7) is 9.75. The average Bonchev–Trinajstić information content (AvgIpc) is 3.30. The first-order valence-corrected chi connectivity index (χ1v) is 21.7. The second-order valence-corrected chi connectivity index (χ2v) is 17.7. The molecule has 2 heterocycles. The third-order valence-corrected chi connectivity index (χ3v) is 13.4. The summed E-state index contributed by atoms with van der Waals surface area (Å²) in [6.07, 6.45) is 6.85. The third-order valence-electron chi connectivity index (χ3n) is 13.4. The summed E-state index contributed by atoms with van der Waals surface area (Å²) in [5.74, 6) is 0. The molecule has 3 nitrogen and oxygen atoms in total. The van der Waals surface area contributed by atoms with Crippen LogP contribution < -0.4 is 14.7 Å². The van der Waals surface area contributed by atoms with Gasteiger partial charge in [0.25, 0.3) is 0 Å². The summed E-state index contributed by atoms with van der Waals surface area (Å²) >= 11 is 0. The molecule has 11 rings (SSSR count). The maximum atomic E-state index is 2.65. The smallest absolute Gasteiger partial charge is 0.0541 e. The largest absolute Gasteiger partial charge is 0.313 e. The van der Waals surface area contributed by atoms with E-state index in [0.717, 1.165) is 35.6 Å². The molecule has 1 aliphatic carbocycles. The van der Waals surface area contributed by atoms with Crippen LogP contribution in [0.3, 0.4) is 0 Å². The minimum absolute atomic E-state index is 0.202. The molecule has 0 fully saturated rings. The van der Waals surface area contributed by atoms with Crippen LogP contribution in [0.5, 0.6) is 0 Å². The lowest BCUT2D eigenvalue weighted by Gasteiger charge is -2.51. The molecule has 0 unspecified atom stereocenters. The summed E-state index contributed by atoms with van der Waals surface area (Å²) in [7, 11) is 0. The van der Waals surface area contributed by atoms with Crippen molar-refractivity contribution in [1.29, 1.82) is 0 Å². The molecule has 3 heteroatoms. The Hall–Kier alpha value is -7.10. The van der Waals surface area contributed by atoms with E-state index in [4.69, 9.17) is 0 Å². The molecular formula is C58H49N3. The van der Waals surface area contributed by atoms with E-state index < -0.39 is 0 Å². The molecule has 8 aromatic rings. The second kappa shape index (κ2) is 14.3. The van der Waals surface area contributed by atoms with E-state index >= 15 is 0 Å². The molecule has 0 spiro atoms. The molecule has 8 aromatic carbocycles. The van der Waals surface area contributed by atoms with Crippen molar-refractivity contribution in [3.8, 4) is 11.1 Å². The van der Waals surface area contributed by atoms with E-state index in [1.54, 1.807) is 0 Å². The molecule has 3 aliphatic rings. The fraction of sp³-hybridized carbons (Fsp3) is 0.138. The molecule has 0 atom stereocenters. The molecule has 0 N–H and O–H groups in total. The molecule has 0 saturated carbocycles. The van der Waals surface area contributed by atoms with Gasteiger partial charge in [0.1, 0.15) is 0 Å². The lowest BCUT2D eigenvalue weighted by molar-refractivity contribution is 0.576. The van der Waals surface area contributed by atoms with Gasteiger partial charge in [-0.15, -0.1) is 0 Å². The molecular weight excluding hydrogens is 739 g/mol. The predicted molar refractivity (Wildman–Crippen MR) is 258 cm³/mol. The first-order chi connectivity index (χ1) is 29.8. The minimum Gasteiger partial charge on any atom is -0.313 e. The van der Waals surface area contributed by atoms with E-state index in [1.165, 1.54) is 72.6 Å². The number of hydrogen-bond donors (Lipinski definition) is 0. The highest BCUT2D eigenvalue weighted by molar-refractivity contribution is 6.00. The number of fused-ring (bicyclic) bond motifs is 4. The van der Waals surface area contributed by atoms with Gasteiger partial charge in [-0.05, 0) is 130 Å².